The fourth-order valence-corrected chi connectivity index (χ4v) is 2.56. The largest absolute Gasteiger partial charge is 0.450 e. The third-order valence-corrected chi connectivity index (χ3v) is 4.05. The van der Waals surface area contributed by atoms with Gasteiger partial charge < -0.3 is 9.26 Å². The number of nitro benzene ring substituents is 1. The van der Waals surface area contributed by atoms with Crippen LogP contribution in [0.25, 0.3) is 11.4 Å². The highest BCUT2D eigenvalue weighted by Crippen LogP contribution is 2.20. The maximum atomic E-state index is 12.3. The number of esters is 1. The Morgan fingerprint density at radius 2 is 1.93 bits per heavy atom. The van der Waals surface area contributed by atoms with Gasteiger partial charge in [-0.15, -0.1) is 0 Å². The molecule has 0 saturated heterocycles. The van der Waals surface area contributed by atoms with Crippen LogP contribution in [0.3, 0.4) is 0 Å². The molecule has 0 N–H and O–H groups in total. The molecule has 144 valence electrons. The van der Waals surface area contributed by atoms with Crippen LogP contribution in [-0.2, 0) is 23.2 Å². The molecule has 0 aliphatic carbocycles. The second-order valence-corrected chi connectivity index (χ2v) is 5.89. The molecule has 0 aliphatic rings. The first-order chi connectivity index (χ1) is 13.3. The van der Waals surface area contributed by atoms with Gasteiger partial charge in [-0.25, -0.2) is 4.79 Å². The zero-order valence-corrected chi connectivity index (χ0v) is 15.2. The molecule has 2 aromatic heterocycles. The topological polar surface area (TPSA) is 143 Å². The Morgan fingerprint density at radius 1 is 1.25 bits per heavy atom. The van der Waals surface area contributed by atoms with Gasteiger partial charge in [0.1, 0.15) is 0 Å². The van der Waals surface area contributed by atoms with Crippen molar-refractivity contribution < 1.29 is 23.8 Å². The first kappa shape index (κ1) is 18.9. The quantitative estimate of drug-likeness (QED) is 0.204. The van der Waals surface area contributed by atoms with Crippen LogP contribution in [-0.4, -0.2) is 36.6 Å². The summed E-state index contributed by atoms with van der Waals surface area (Å²) in [5.74, 6) is -1.71. The van der Waals surface area contributed by atoms with E-state index in [1.807, 2.05) is 0 Å². The second-order valence-electron chi connectivity index (χ2n) is 5.89. The van der Waals surface area contributed by atoms with Gasteiger partial charge in [0.15, 0.2) is 6.61 Å². The Balaban J connectivity index is 1.66. The van der Waals surface area contributed by atoms with Gasteiger partial charge in [0, 0.05) is 30.4 Å². The summed E-state index contributed by atoms with van der Waals surface area (Å²) in [6.45, 7) is 2.92. The Bertz CT molecular complexity index is 1070. The van der Waals surface area contributed by atoms with E-state index in [1.54, 1.807) is 20.9 Å². The van der Waals surface area contributed by atoms with Crippen molar-refractivity contribution in [1.29, 1.82) is 0 Å². The zero-order valence-electron chi connectivity index (χ0n) is 15.2. The molecule has 0 unspecified atom stereocenters. The molecule has 0 spiro atoms. The van der Waals surface area contributed by atoms with Crippen LogP contribution in [0.15, 0.2) is 28.8 Å². The summed E-state index contributed by atoms with van der Waals surface area (Å²) in [6, 6.07) is 5.55. The van der Waals surface area contributed by atoms with E-state index in [4.69, 9.17) is 9.26 Å². The second kappa shape index (κ2) is 7.39. The highest BCUT2D eigenvalue weighted by atomic mass is 16.6. The van der Waals surface area contributed by atoms with Gasteiger partial charge >= 0.3 is 5.97 Å². The van der Waals surface area contributed by atoms with E-state index in [-0.39, 0.29) is 29.6 Å². The molecule has 3 rings (SSSR count). The number of benzene rings is 1. The molecule has 0 radical (unpaired) electrons. The molecule has 11 heteroatoms. The van der Waals surface area contributed by atoms with Gasteiger partial charge in [0.2, 0.25) is 5.82 Å². The number of aromatic nitrogens is 4. The van der Waals surface area contributed by atoms with Gasteiger partial charge in [0.25, 0.3) is 17.4 Å². The van der Waals surface area contributed by atoms with E-state index in [0.717, 1.165) is 0 Å². The minimum Gasteiger partial charge on any atom is -0.450 e. The molecule has 0 fully saturated rings. The van der Waals surface area contributed by atoms with E-state index in [9.17, 15) is 19.7 Å². The summed E-state index contributed by atoms with van der Waals surface area (Å²) < 4.78 is 11.4. The van der Waals surface area contributed by atoms with Crippen molar-refractivity contribution in [2.24, 2.45) is 7.05 Å². The molecule has 28 heavy (non-hydrogen) atoms. The van der Waals surface area contributed by atoms with E-state index in [0.29, 0.717) is 17.0 Å². The first-order valence-corrected chi connectivity index (χ1v) is 8.07. The van der Waals surface area contributed by atoms with Crippen LogP contribution < -0.4 is 0 Å². The lowest BCUT2D eigenvalue weighted by atomic mass is 10.1. The van der Waals surface area contributed by atoms with Gasteiger partial charge in [0.05, 0.1) is 16.2 Å². The average molecular weight is 385 g/mol. The number of nitro groups is 1. The van der Waals surface area contributed by atoms with Gasteiger partial charge in [-0.1, -0.05) is 5.16 Å². The number of rotatable bonds is 6. The van der Waals surface area contributed by atoms with Crippen LogP contribution in [0.1, 0.15) is 27.6 Å². The molecule has 2 heterocycles. The predicted octanol–water partition coefficient (Wildman–Crippen LogP) is 1.92. The average Bonchev–Trinajstić information content (AvgIpc) is 3.24. The number of carbonyl (C=O) groups excluding carboxylic acids is 2. The number of aryl methyl sites for hydroxylation is 2. The molecule has 0 saturated carbocycles. The fraction of sp³-hybridized carbons (Fsp3) is 0.235. The molecule has 1 aromatic carbocycles. The summed E-state index contributed by atoms with van der Waals surface area (Å²) in [5, 5.41) is 18.5. The minimum atomic E-state index is -1.06. The third kappa shape index (κ3) is 3.63. The Morgan fingerprint density at radius 3 is 2.50 bits per heavy atom. The molecule has 11 nitrogen and oxygen atoms in total. The van der Waals surface area contributed by atoms with Crippen molar-refractivity contribution >= 4 is 17.4 Å². The monoisotopic (exact) mass is 385 g/mol. The van der Waals surface area contributed by atoms with Crippen LogP contribution >= 0.6 is 0 Å². The molecular formula is C17H15N5O6. The third-order valence-electron chi connectivity index (χ3n) is 4.05. The Labute approximate surface area is 158 Å². The molecular weight excluding hydrogens is 370 g/mol. The minimum absolute atomic E-state index is 0.0193. The standard InChI is InChI=1S/C17H15N5O6/c1-9-14(10(2)21(3)19-9)15(23)17(24)27-8-13-18-16(20-28-13)11-4-6-12(7-5-11)22(25)26/h4-7H,8H2,1-3H3. The fourth-order valence-electron chi connectivity index (χ4n) is 2.56. The lowest BCUT2D eigenvalue weighted by molar-refractivity contribution is -0.384. The SMILES string of the molecule is Cc1nn(C)c(C)c1C(=O)C(=O)OCc1nc(-c2ccc([N+](=O)[O-])cc2)no1. The number of non-ortho nitro benzene ring substituents is 1. The van der Waals surface area contributed by atoms with Crippen molar-refractivity contribution in [2.75, 3.05) is 0 Å². The van der Waals surface area contributed by atoms with Gasteiger partial charge in [-0.2, -0.15) is 10.1 Å². The van der Waals surface area contributed by atoms with Crippen molar-refractivity contribution in [2.45, 2.75) is 20.5 Å². The van der Waals surface area contributed by atoms with Gasteiger partial charge in [-0.3, -0.25) is 19.6 Å². The molecule has 0 aliphatic heterocycles. The first-order valence-electron chi connectivity index (χ1n) is 8.07. The summed E-state index contributed by atoms with van der Waals surface area (Å²) in [4.78, 5) is 38.5. The number of carbonyl (C=O) groups is 2. The van der Waals surface area contributed by atoms with E-state index in [1.165, 1.54) is 28.9 Å². The summed E-state index contributed by atoms with van der Waals surface area (Å²) in [5.41, 5.74) is 1.60. The van der Waals surface area contributed by atoms with Crippen molar-refractivity contribution in [3.05, 3.63) is 57.2 Å². The number of hydrogen-bond acceptors (Lipinski definition) is 9. The van der Waals surface area contributed by atoms with Crippen LogP contribution in [0.2, 0.25) is 0 Å². The molecule has 3 aromatic rings. The molecule has 0 amide bonds. The van der Waals surface area contributed by atoms with Crippen LogP contribution in [0, 0.1) is 24.0 Å². The summed E-state index contributed by atoms with van der Waals surface area (Å²) >= 11 is 0. The van der Waals surface area contributed by atoms with E-state index in [2.05, 4.69) is 15.2 Å². The van der Waals surface area contributed by atoms with Crippen molar-refractivity contribution in [3.8, 4) is 11.4 Å². The lowest BCUT2D eigenvalue weighted by Gasteiger charge is -2.01. The van der Waals surface area contributed by atoms with Gasteiger partial charge in [-0.05, 0) is 26.0 Å². The van der Waals surface area contributed by atoms with Crippen molar-refractivity contribution in [1.82, 2.24) is 19.9 Å². The smallest absolute Gasteiger partial charge is 0.380 e. The molecule has 0 atom stereocenters. The number of Topliss-reactive ketones (excluding diaryl/α,β-unsaturated/α-hetero) is 1. The van der Waals surface area contributed by atoms with E-state index >= 15 is 0 Å². The number of hydrogen-bond donors (Lipinski definition) is 0. The highest BCUT2D eigenvalue weighted by molar-refractivity contribution is 6.41. The van der Waals surface area contributed by atoms with Crippen molar-refractivity contribution in [3.63, 3.8) is 0 Å². The Kier molecular flexibility index (Phi) is 4.98. The lowest BCUT2D eigenvalue weighted by Crippen LogP contribution is -2.19. The Hall–Kier alpha value is -3.89. The number of ether oxygens (including phenoxy) is 1. The molecule has 0 bridgehead atoms. The summed E-state index contributed by atoms with van der Waals surface area (Å²) in [7, 11) is 1.67. The van der Waals surface area contributed by atoms with Crippen LogP contribution in [0.4, 0.5) is 5.69 Å². The maximum Gasteiger partial charge on any atom is 0.380 e. The highest BCUT2D eigenvalue weighted by Gasteiger charge is 2.26. The number of ketones is 1. The summed E-state index contributed by atoms with van der Waals surface area (Å²) in [6.07, 6.45) is 0. The van der Waals surface area contributed by atoms with Crippen LogP contribution in [0.5, 0.6) is 0 Å². The normalized spacial score (nSPS) is 10.7. The maximum absolute atomic E-state index is 12.3. The number of nitrogens with zero attached hydrogens (tertiary/aromatic N) is 5. The van der Waals surface area contributed by atoms with E-state index < -0.39 is 16.7 Å². The zero-order chi connectivity index (χ0) is 20.4. The predicted molar refractivity (Wildman–Crippen MR) is 93.2 cm³/mol.